The minimum atomic E-state index is -2.97. The first-order valence-electron chi connectivity index (χ1n) is 14.0. The van der Waals surface area contributed by atoms with Gasteiger partial charge in [0.2, 0.25) is 0 Å². The second-order valence-electron chi connectivity index (χ2n) is 10.3. The van der Waals surface area contributed by atoms with E-state index in [1.807, 2.05) is 60.2 Å². The van der Waals surface area contributed by atoms with Gasteiger partial charge in [-0.15, -0.1) is 0 Å². The molecule has 1 aliphatic heterocycles. The highest BCUT2D eigenvalue weighted by Crippen LogP contribution is 2.25. The molecule has 1 N–H and O–H groups in total. The summed E-state index contributed by atoms with van der Waals surface area (Å²) < 4.78 is 41.9. The van der Waals surface area contributed by atoms with Crippen LogP contribution in [-0.2, 0) is 32.4 Å². The van der Waals surface area contributed by atoms with Gasteiger partial charge in [0.25, 0.3) is 0 Å². The minimum absolute atomic E-state index is 0.102. The van der Waals surface area contributed by atoms with Crippen LogP contribution in [0.3, 0.4) is 0 Å². The molecule has 1 aliphatic rings. The van der Waals surface area contributed by atoms with E-state index in [0.717, 1.165) is 59.8 Å². The molecule has 0 aliphatic carbocycles. The molecule has 2 atom stereocenters. The second-order valence-corrected chi connectivity index (χ2v) is 12.6. The lowest BCUT2D eigenvalue weighted by atomic mass is 10.1. The molecule has 1 aromatic carbocycles. The number of rotatable bonds is 11. The van der Waals surface area contributed by atoms with Crippen LogP contribution in [0.1, 0.15) is 60.6 Å². The first kappa shape index (κ1) is 29.7. The fourth-order valence-corrected chi connectivity index (χ4v) is 5.07. The van der Waals surface area contributed by atoms with Crippen LogP contribution in [0.4, 0.5) is 0 Å². The van der Waals surface area contributed by atoms with Gasteiger partial charge < -0.3 is 23.9 Å². The SMILES string of the molecule is C[C@H](OC1CCCCO1)c1nccn1Cc1cc(-c2ccc(C#Cc3ccc(CNCCS(C)(=O)=O)nc3)cc2)on1. The van der Waals surface area contributed by atoms with E-state index in [9.17, 15) is 8.42 Å². The van der Waals surface area contributed by atoms with Crippen molar-refractivity contribution in [3.63, 3.8) is 0 Å². The Morgan fingerprint density at radius 3 is 2.64 bits per heavy atom. The lowest BCUT2D eigenvalue weighted by Gasteiger charge is -2.26. The van der Waals surface area contributed by atoms with E-state index in [-0.39, 0.29) is 18.1 Å². The summed E-state index contributed by atoms with van der Waals surface area (Å²) in [4.78, 5) is 8.90. The number of imidazole rings is 1. The molecular weight excluding hydrogens is 554 g/mol. The fraction of sp³-hybridized carbons (Fsp3) is 0.387. The Morgan fingerprint density at radius 2 is 1.90 bits per heavy atom. The van der Waals surface area contributed by atoms with Gasteiger partial charge in [-0.2, -0.15) is 0 Å². The zero-order valence-corrected chi connectivity index (χ0v) is 24.6. The summed E-state index contributed by atoms with van der Waals surface area (Å²) in [6.07, 6.45) is 9.34. The van der Waals surface area contributed by atoms with E-state index >= 15 is 0 Å². The molecule has 0 saturated carbocycles. The Labute approximate surface area is 246 Å². The van der Waals surface area contributed by atoms with Gasteiger partial charge in [0.1, 0.15) is 27.5 Å². The third-order valence-electron chi connectivity index (χ3n) is 6.80. The first-order valence-corrected chi connectivity index (χ1v) is 16.1. The number of hydrogen-bond acceptors (Lipinski definition) is 9. The largest absolute Gasteiger partial charge is 0.356 e. The number of hydrogen-bond donors (Lipinski definition) is 1. The summed E-state index contributed by atoms with van der Waals surface area (Å²) in [6, 6.07) is 13.5. The van der Waals surface area contributed by atoms with Crippen molar-refractivity contribution >= 4 is 9.84 Å². The molecule has 0 radical (unpaired) electrons. The van der Waals surface area contributed by atoms with Crippen LogP contribution >= 0.6 is 0 Å². The summed E-state index contributed by atoms with van der Waals surface area (Å²) in [5, 5.41) is 7.35. The standard InChI is InChI=1S/C31H35N5O5S/c1-23(40-30-5-3-4-17-39-30)31-33-14-16-36(31)22-28-19-29(41-35-28)26-11-8-24(9-12-26)6-7-25-10-13-27(34-20-25)21-32-15-18-42(2,37)38/h8-14,16,19-20,23,30,32H,3-5,15,17-18,21-22H2,1-2H3/t23-,30?/m0/s1. The predicted molar refractivity (Wildman–Crippen MR) is 158 cm³/mol. The second kappa shape index (κ2) is 13.9. The molecule has 0 bridgehead atoms. The zero-order chi connectivity index (χ0) is 29.4. The average Bonchev–Trinajstić information content (AvgIpc) is 3.65. The van der Waals surface area contributed by atoms with Gasteiger partial charge in [0.15, 0.2) is 12.1 Å². The van der Waals surface area contributed by atoms with E-state index in [1.54, 1.807) is 12.4 Å². The normalized spacial score (nSPS) is 16.1. The molecule has 3 aromatic heterocycles. The Balaban J connectivity index is 1.15. The van der Waals surface area contributed by atoms with Crippen molar-refractivity contribution in [3.05, 3.63) is 89.4 Å². The average molecular weight is 590 g/mol. The van der Waals surface area contributed by atoms with E-state index in [0.29, 0.717) is 25.4 Å². The molecule has 11 heteroatoms. The molecule has 1 fully saturated rings. The van der Waals surface area contributed by atoms with E-state index in [4.69, 9.17) is 14.0 Å². The molecule has 42 heavy (non-hydrogen) atoms. The zero-order valence-electron chi connectivity index (χ0n) is 23.8. The maximum Gasteiger partial charge on any atom is 0.167 e. The Bertz CT molecular complexity index is 1610. The highest BCUT2D eigenvalue weighted by atomic mass is 32.2. The Kier molecular flexibility index (Phi) is 9.81. The predicted octanol–water partition coefficient (Wildman–Crippen LogP) is 4.12. The lowest BCUT2D eigenvalue weighted by Crippen LogP contribution is -2.24. The third-order valence-corrected chi connectivity index (χ3v) is 7.74. The monoisotopic (exact) mass is 589 g/mol. The fourth-order valence-electron chi connectivity index (χ4n) is 4.56. The molecule has 4 aromatic rings. The van der Waals surface area contributed by atoms with Crippen molar-refractivity contribution < 1.29 is 22.4 Å². The number of sulfone groups is 1. The van der Waals surface area contributed by atoms with Crippen LogP contribution in [0.5, 0.6) is 0 Å². The molecule has 0 spiro atoms. The summed E-state index contributed by atoms with van der Waals surface area (Å²) in [6.45, 7) is 4.14. The molecule has 5 rings (SSSR count). The molecular formula is C31H35N5O5S. The van der Waals surface area contributed by atoms with Crippen LogP contribution in [0, 0.1) is 11.8 Å². The molecule has 220 valence electrons. The van der Waals surface area contributed by atoms with Crippen LogP contribution in [0.2, 0.25) is 0 Å². The molecule has 10 nitrogen and oxygen atoms in total. The highest BCUT2D eigenvalue weighted by molar-refractivity contribution is 7.90. The number of nitrogens with zero attached hydrogens (tertiary/aromatic N) is 4. The maximum absolute atomic E-state index is 11.2. The maximum atomic E-state index is 11.2. The van der Waals surface area contributed by atoms with Gasteiger partial charge in [-0.1, -0.05) is 17.0 Å². The van der Waals surface area contributed by atoms with Gasteiger partial charge in [0.05, 0.1) is 18.0 Å². The van der Waals surface area contributed by atoms with Crippen molar-refractivity contribution in [1.29, 1.82) is 0 Å². The van der Waals surface area contributed by atoms with Crippen molar-refractivity contribution in [2.45, 2.75) is 51.7 Å². The number of nitrogens with one attached hydrogen (secondary N) is 1. The summed E-state index contributed by atoms with van der Waals surface area (Å²) in [5.74, 6) is 7.89. The molecule has 4 heterocycles. The van der Waals surface area contributed by atoms with Gasteiger partial charge in [0, 0.05) is 67.3 Å². The topological polar surface area (TPSA) is 121 Å². The number of ether oxygens (including phenoxy) is 2. The summed E-state index contributed by atoms with van der Waals surface area (Å²) in [5.41, 5.74) is 4.18. The number of aromatic nitrogens is 4. The molecule has 0 amide bonds. The van der Waals surface area contributed by atoms with Crippen LogP contribution in [-0.4, -0.2) is 59.6 Å². The lowest BCUT2D eigenvalue weighted by molar-refractivity contribution is -0.188. The first-order chi connectivity index (χ1) is 20.3. The van der Waals surface area contributed by atoms with Crippen molar-refractivity contribution in [1.82, 2.24) is 25.0 Å². The van der Waals surface area contributed by atoms with Crippen molar-refractivity contribution in [2.24, 2.45) is 0 Å². The van der Waals surface area contributed by atoms with Crippen LogP contribution in [0.25, 0.3) is 11.3 Å². The van der Waals surface area contributed by atoms with Gasteiger partial charge in [-0.25, -0.2) is 13.4 Å². The van der Waals surface area contributed by atoms with E-state index in [2.05, 4.69) is 32.3 Å². The van der Waals surface area contributed by atoms with Gasteiger partial charge in [-0.3, -0.25) is 4.98 Å². The summed E-state index contributed by atoms with van der Waals surface area (Å²) in [7, 11) is -2.97. The summed E-state index contributed by atoms with van der Waals surface area (Å²) >= 11 is 0. The van der Waals surface area contributed by atoms with E-state index in [1.165, 1.54) is 6.26 Å². The smallest absolute Gasteiger partial charge is 0.167 e. The van der Waals surface area contributed by atoms with Crippen molar-refractivity contribution in [3.8, 4) is 23.2 Å². The Morgan fingerprint density at radius 1 is 1.10 bits per heavy atom. The van der Waals surface area contributed by atoms with E-state index < -0.39 is 9.84 Å². The molecule has 1 saturated heterocycles. The van der Waals surface area contributed by atoms with Crippen LogP contribution in [0.15, 0.2) is 65.6 Å². The number of pyridine rings is 1. The Hall–Kier alpha value is -3.82. The quantitative estimate of drug-likeness (QED) is 0.203. The van der Waals surface area contributed by atoms with Gasteiger partial charge in [-0.05, 0) is 62.6 Å². The van der Waals surface area contributed by atoms with Gasteiger partial charge >= 0.3 is 0 Å². The third kappa shape index (κ3) is 8.59. The van der Waals surface area contributed by atoms with Crippen LogP contribution < -0.4 is 5.32 Å². The van der Waals surface area contributed by atoms with Crippen molar-refractivity contribution in [2.75, 3.05) is 25.2 Å². The minimum Gasteiger partial charge on any atom is -0.356 e. The number of benzene rings is 1. The molecule has 1 unspecified atom stereocenters. The highest BCUT2D eigenvalue weighted by Gasteiger charge is 2.21.